The van der Waals surface area contributed by atoms with Gasteiger partial charge >= 0.3 is 6.09 Å². The van der Waals surface area contributed by atoms with E-state index in [1.807, 2.05) is 72.1 Å². The topological polar surface area (TPSA) is 61.9 Å². The van der Waals surface area contributed by atoms with Crippen molar-refractivity contribution in [2.75, 3.05) is 20.6 Å². The molecule has 1 atom stereocenters. The van der Waals surface area contributed by atoms with E-state index in [1.165, 1.54) is 0 Å². The number of ether oxygens (including phenoxy) is 1. The number of carbonyl (C=O) groups excluding carboxylic acids is 2. The molecule has 0 aliphatic heterocycles. The van der Waals surface area contributed by atoms with Gasteiger partial charge in [0.25, 0.3) is 0 Å². The van der Waals surface area contributed by atoms with E-state index in [0.29, 0.717) is 25.8 Å². The molecule has 0 spiro atoms. The maximum atomic E-state index is 12.4. The Morgan fingerprint density at radius 3 is 2.27 bits per heavy atom. The van der Waals surface area contributed by atoms with Gasteiger partial charge in [0, 0.05) is 33.1 Å². The second-order valence-electron chi connectivity index (χ2n) is 7.53. The van der Waals surface area contributed by atoms with E-state index < -0.39 is 11.7 Å². The molecule has 0 aliphatic rings. The van der Waals surface area contributed by atoms with Crippen molar-refractivity contribution >= 4 is 12.0 Å². The molecule has 0 bridgehead atoms. The van der Waals surface area contributed by atoms with Gasteiger partial charge in [-0.15, -0.1) is 0 Å². The molecule has 0 heterocycles. The van der Waals surface area contributed by atoms with Gasteiger partial charge in [-0.3, -0.25) is 9.80 Å². The molecule has 0 aliphatic carbocycles. The number of hydrogen-bond acceptors (Lipinski definition) is 4. The third kappa shape index (κ3) is 8.34. The van der Waals surface area contributed by atoms with E-state index in [9.17, 15) is 9.59 Å². The lowest BCUT2D eigenvalue weighted by Crippen LogP contribution is -2.44. The van der Waals surface area contributed by atoms with Crippen LogP contribution < -0.4 is 5.32 Å². The fraction of sp³-hybridized carbons (Fsp3) is 0.600. The molecule has 1 aromatic rings. The lowest BCUT2D eigenvalue weighted by atomic mass is 10.0. The highest BCUT2D eigenvalue weighted by Gasteiger charge is 2.22. The maximum absolute atomic E-state index is 12.4. The van der Waals surface area contributed by atoms with Gasteiger partial charge in [0.2, 0.25) is 5.91 Å². The quantitative estimate of drug-likeness (QED) is 0.721. The van der Waals surface area contributed by atoms with Crippen molar-refractivity contribution in [1.82, 2.24) is 15.3 Å². The van der Waals surface area contributed by atoms with Crippen molar-refractivity contribution in [3.8, 4) is 0 Å². The fourth-order valence-electron chi connectivity index (χ4n) is 2.71. The minimum Gasteiger partial charge on any atom is -0.444 e. The highest BCUT2D eigenvalue weighted by atomic mass is 16.6. The molecular formula is C20H33N3O3. The standard InChI is InChI=1S/C20H33N3O3/c1-7-23(22(5)6)18(24)14-13-17(15-16-11-9-8-10-12-16)21-19(25)26-20(2,3)4/h8-12,17H,7,13-15H2,1-6H3,(H,21,25)/t17-/m1/s1. The van der Waals surface area contributed by atoms with Crippen LogP contribution in [0.15, 0.2) is 30.3 Å². The fourth-order valence-corrected chi connectivity index (χ4v) is 2.71. The lowest BCUT2D eigenvalue weighted by Gasteiger charge is -2.28. The number of hydrazine groups is 1. The average Bonchev–Trinajstić information content (AvgIpc) is 2.52. The van der Waals surface area contributed by atoms with Crippen LogP contribution in [0.3, 0.4) is 0 Å². The van der Waals surface area contributed by atoms with Crippen LogP contribution in [0.2, 0.25) is 0 Å². The highest BCUT2D eigenvalue weighted by molar-refractivity contribution is 5.75. The Bertz CT molecular complexity index is 567. The summed E-state index contributed by atoms with van der Waals surface area (Å²) in [6.45, 7) is 8.06. The number of nitrogens with zero attached hydrogens (tertiary/aromatic N) is 2. The molecule has 0 aromatic heterocycles. The van der Waals surface area contributed by atoms with Crippen molar-refractivity contribution in [3.05, 3.63) is 35.9 Å². The summed E-state index contributed by atoms with van der Waals surface area (Å²) in [7, 11) is 3.70. The van der Waals surface area contributed by atoms with E-state index in [1.54, 1.807) is 10.0 Å². The van der Waals surface area contributed by atoms with Crippen LogP contribution in [0.25, 0.3) is 0 Å². The summed E-state index contributed by atoms with van der Waals surface area (Å²) in [6, 6.07) is 9.76. The van der Waals surface area contributed by atoms with Crippen LogP contribution in [0.1, 0.15) is 46.1 Å². The normalized spacial score (nSPS) is 12.6. The first kappa shape index (κ1) is 22.0. The Balaban J connectivity index is 2.74. The van der Waals surface area contributed by atoms with Gasteiger partial charge < -0.3 is 10.1 Å². The van der Waals surface area contributed by atoms with E-state index in [0.717, 1.165) is 5.56 Å². The average molecular weight is 364 g/mol. The number of benzene rings is 1. The molecule has 0 radical (unpaired) electrons. The second-order valence-corrected chi connectivity index (χ2v) is 7.53. The predicted octanol–water partition coefficient (Wildman–Crippen LogP) is 3.23. The number of carbonyl (C=O) groups is 2. The van der Waals surface area contributed by atoms with Gasteiger partial charge in [-0.05, 0) is 46.1 Å². The first-order valence-corrected chi connectivity index (χ1v) is 9.13. The summed E-state index contributed by atoms with van der Waals surface area (Å²) in [6.07, 6.45) is 1.11. The monoisotopic (exact) mass is 363 g/mol. The van der Waals surface area contributed by atoms with Gasteiger partial charge in [-0.25, -0.2) is 9.80 Å². The Kier molecular flexibility index (Phi) is 8.58. The molecule has 146 valence electrons. The van der Waals surface area contributed by atoms with Crippen molar-refractivity contribution in [3.63, 3.8) is 0 Å². The highest BCUT2D eigenvalue weighted by Crippen LogP contribution is 2.12. The third-order valence-corrected chi connectivity index (χ3v) is 3.82. The van der Waals surface area contributed by atoms with Crippen molar-refractivity contribution in [1.29, 1.82) is 0 Å². The molecule has 0 unspecified atom stereocenters. The molecule has 1 N–H and O–H groups in total. The van der Waals surface area contributed by atoms with Gasteiger partial charge in [0.15, 0.2) is 0 Å². The summed E-state index contributed by atoms with van der Waals surface area (Å²) in [5.74, 6) is 0.0431. The van der Waals surface area contributed by atoms with Crippen LogP contribution in [0.4, 0.5) is 4.79 Å². The minimum absolute atomic E-state index is 0.0431. The SMILES string of the molecule is CCN(C(=O)CC[C@H](Cc1ccccc1)NC(=O)OC(C)(C)C)N(C)C. The zero-order valence-electron chi connectivity index (χ0n) is 16.9. The summed E-state index contributed by atoms with van der Waals surface area (Å²) in [5.41, 5.74) is 0.558. The molecule has 1 aromatic carbocycles. The lowest BCUT2D eigenvalue weighted by molar-refractivity contribution is -0.144. The van der Waals surface area contributed by atoms with E-state index in [-0.39, 0.29) is 11.9 Å². The van der Waals surface area contributed by atoms with Gasteiger partial charge in [-0.2, -0.15) is 0 Å². The summed E-state index contributed by atoms with van der Waals surface area (Å²) in [5, 5.41) is 6.39. The number of hydrogen-bond donors (Lipinski definition) is 1. The second kappa shape index (κ2) is 10.2. The Hall–Kier alpha value is -2.08. The van der Waals surface area contributed by atoms with E-state index in [2.05, 4.69) is 5.32 Å². The molecule has 0 saturated carbocycles. The van der Waals surface area contributed by atoms with Crippen LogP contribution in [-0.4, -0.2) is 54.3 Å². The smallest absolute Gasteiger partial charge is 0.407 e. The largest absolute Gasteiger partial charge is 0.444 e. The zero-order chi connectivity index (χ0) is 19.7. The number of alkyl carbamates (subject to hydrolysis) is 1. The molecule has 6 nitrogen and oxygen atoms in total. The summed E-state index contributed by atoms with van der Waals surface area (Å²) in [4.78, 5) is 24.6. The summed E-state index contributed by atoms with van der Waals surface area (Å²) >= 11 is 0. The van der Waals surface area contributed by atoms with Crippen LogP contribution in [0, 0.1) is 0 Å². The van der Waals surface area contributed by atoms with Gasteiger partial charge in [0.1, 0.15) is 5.60 Å². The van der Waals surface area contributed by atoms with Crippen LogP contribution >= 0.6 is 0 Å². The first-order chi connectivity index (χ1) is 12.1. The summed E-state index contributed by atoms with van der Waals surface area (Å²) < 4.78 is 5.37. The van der Waals surface area contributed by atoms with Crippen molar-refractivity contribution in [2.24, 2.45) is 0 Å². The molecular weight excluding hydrogens is 330 g/mol. The molecule has 0 saturated heterocycles. The third-order valence-electron chi connectivity index (χ3n) is 3.82. The number of amides is 2. The van der Waals surface area contributed by atoms with Gasteiger partial charge in [-0.1, -0.05) is 30.3 Å². The Morgan fingerprint density at radius 2 is 1.77 bits per heavy atom. The molecule has 1 rings (SSSR count). The molecule has 2 amide bonds. The van der Waals surface area contributed by atoms with E-state index >= 15 is 0 Å². The maximum Gasteiger partial charge on any atom is 0.407 e. The first-order valence-electron chi connectivity index (χ1n) is 9.13. The van der Waals surface area contributed by atoms with Crippen molar-refractivity contribution < 1.29 is 14.3 Å². The molecule has 0 fully saturated rings. The zero-order valence-corrected chi connectivity index (χ0v) is 16.9. The van der Waals surface area contributed by atoms with Crippen LogP contribution in [0.5, 0.6) is 0 Å². The molecule has 6 heteroatoms. The van der Waals surface area contributed by atoms with E-state index in [4.69, 9.17) is 4.74 Å². The predicted molar refractivity (Wildman–Crippen MR) is 104 cm³/mol. The minimum atomic E-state index is -0.554. The Morgan fingerprint density at radius 1 is 1.15 bits per heavy atom. The molecule has 26 heavy (non-hydrogen) atoms. The van der Waals surface area contributed by atoms with Crippen molar-refractivity contribution in [2.45, 2.75) is 58.6 Å². The Labute approximate surface area is 157 Å². The van der Waals surface area contributed by atoms with Gasteiger partial charge in [0.05, 0.1) is 0 Å². The number of nitrogens with one attached hydrogen (secondary N) is 1. The van der Waals surface area contributed by atoms with Crippen LogP contribution in [-0.2, 0) is 16.0 Å². The number of rotatable bonds is 8.